The average Bonchev–Trinajstić information content (AvgIpc) is 2.73. The van der Waals surface area contributed by atoms with Crippen LogP contribution in [-0.2, 0) is 6.42 Å². The monoisotopic (exact) mass is 402 g/mol. The van der Waals surface area contributed by atoms with E-state index in [4.69, 9.17) is 5.26 Å². The maximum absolute atomic E-state index is 14.3. The van der Waals surface area contributed by atoms with Crippen LogP contribution in [0.3, 0.4) is 0 Å². The van der Waals surface area contributed by atoms with Crippen molar-refractivity contribution in [2.75, 3.05) is 29.4 Å². The summed E-state index contributed by atoms with van der Waals surface area (Å²) in [6.07, 6.45) is 5.83. The maximum atomic E-state index is 14.3. The Morgan fingerprint density at radius 1 is 1.10 bits per heavy atom. The second kappa shape index (κ2) is 7.30. The van der Waals surface area contributed by atoms with Gasteiger partial charge in [0.1, 0.15) is 5.82 Å². The molecule has 0 bridgehead atoms. The van der Waals surface area contributed by atoms with Crippen LogP contribution in [-0.4, -0.2) is 44.6 Å². The van der Waals surface area contributed by atoms with E-state index < -0.39 is 5.95 Å². The van der Waals surface area contributed by atoms with Crippen molar-refractivity contribution in [1.29, 1.82) is 5.26 Å². The van der Waals surface area contributed by atoms with Gasteiger partial charge < -0.3 is 9.80 Å². The molecule has 9 heteroatoms. The van der Waals surface area contributed by atoms with E-state index in [2.05, 4.69) is 35.9 Å². The van der Waals surface area contributed by atoms with Gasteiger partial charge in [0, 0.05) is 68.0 Å². The smallest absolute Gasteiger partial charge is 0.216 e. The largest absolute Gasteiger partial charge is 0.369 e. The van der Waals surface area contributed by atoms with Crippen LogP contribution in [0.1, 0.15) is 24.2 Å². The first kappa shape index (κ1) is 18.4. The Labute approximate surface area is 173 Å². The average molecular weight is 402 g/mol. The molecular weight excluding hydrogens is 383 g/mol. The molecule has 0 N–H and O–H groups in total. The van der Waals surface area contributed by atoms with Gasteiger partial charge in [0.15, 0.2) is 11.6 Å². The van der Waals surface area contributed by atoms with Crippen molar-refractivity contribution in [3.63, 3.8) is 0 Å². The van der Waals surface area contributed by atoms with Crippen molar-refractivity contribution < 1.29 is 4.39 Å². The van der Waals surface area contributed by atoms with Gasteiger partial charge in [0.25, 0.3) is 0 Å². The molecule has 150 valence electrons. The molecule has 3 aromatic heterocycles. The summed E-state index contributed by atoms with van der Waals surface area (Å²) in [5.41, 5.74) is 2.70. The van der Waals surface area contributed by atoms with Gasteiger partial charge in [-0.3, -0.25) is 0 Å². The number of rotatable bonds is 3. The van der Waals surface area contributed by atoms with E-state index in [1.165, 1.54) is 6.07 Å². The van der Waals surface area contributed by atoms with Crippen LogP contribution in [0.5, 0.6) is 0 Å². The first-order chi connectivity index (χ1) is 14.6. The highest BCUT2D eigenvalue weighted by Crippen LogP contribution is 2.35. The molecule has 1 saturated heterocycles. The summed E-state index contributed by atoms with van der Waals surface area (Å²) in [5, 5.41) is 8.99. The molecular formula is C21H19FN8. The lowest BCUT2D eigenvalue weighted by Crippen LogP contribution is -2.46. The van der Waals surface area contributed by atoms with Crippen molar-refractivity contribution in [3.05, 3.63) is 54.0 Å². The SMILES string of the molecule is CC1c2cnc(-c3ncccn3)nc2CCN1c1cc(N2CC(C#N)C2)cc(F)n1. The van der Waals surface area contributed by atoms with Crippen LogP contribution in [0.2, 0.25) is 0 Å². The highest BCUT2D eigenvalue weighted by molar-refractivity contribution is 5.59. The molecule has 3 aromatic rings. The third kappa shape index (κ3) is 3.20. The standard InChI is InChI=1S/C21H19FN8/c1-13-16-10-26-21(20-24-4-2-5-25-20)27-17(16)3-6-30(13)19-8-15(7-18(22)28-19)29-11-14(9-23)12-29/h2,4-5,7-8,10,13-14H,3,6,11-12H2,1H3. The van der Waals surface area contributed by atoms with Gasteiger partial charge in [0.05, 0.1) is 23.7 Å². The van der Waals surface area contributed by atoms with Gasteiger partial charge >= 0.3 is 0 Å². The zero-order valence-corrected chi connectivity index (χ0v) is 16.4. The van der Waals surface area contributed by atoms with E-state index in [1.54, 1.807) is 24.7 Å². The number of nitriles is 1. The van der Waals surface area contributed by atoms with E-state index in [0.717, 1.165) is 16.9 Å². The lowest BCUT2D eigenvalue weighted by molar-refractivity contribution is 0.500. The quantitative estimate of drug-likeness (QED) is 0.617. The molecule has 5 rings (SSSR count). The normalized spacial score (nSPS) is 18.5. The van der Waals surface area contributed by atoms with Gasteiger partial charge in [-0.25, -0.2) is 24.9 Å². The van der Waals surface area contributed by atoms with Gasteiger partial charge in [-0.1, -0.05) is 0 Å². The Hall–Kier alpha value is -3.67. The van der Waals surface area contributed by atoms with Gasteiger partial charge in [-0.05, 0) is 13.0 Å². The first-order valence-electron chi connectivity index (χ1n) is 9.84. The number of anilines is 2. The molecule has 0 radical (unpaired) electrons. The van der Waals surface area contributed by atoms with Crippen LogP contribution in [0.25, 0.3) is 11.6 Å². The Balaban J connectivity index is 1.42. The number of aromatic nitrogens is 5. The van der Waals surface area contributed by atoms with Gasteiger partial charge in [-0.2, -0.15) is 9.65 Å². The molecule has 0 saturated carbocycles. The second-order valence-corrected chi connectivity index (χ2v) is 7.52. The lowest BCUT2D eigenvalue weighted by atomic mass is 9.99. The van der Waals surface area contributed by atoms with Crippen molar-refractivity contribution in [3.8, 4) is 17.7 Å². The van der Waals surface area contributed by atoms with Crippen molar-refractivity contribution >= 4 is 11.5 Å². The number of hydrogen-bond acceptors (Lipinski definition) is 8. The molecule has 1 atom stereocenters. The molecule has 0 spiro atoms. The molecule has 0 aliphatic carbocycles. The Bertz CT molecular complexity index is 1120. The lowest BCUT2D eigenvalue weighted by Gasteiger charge is -2.39. The molecule has 2 aliphatic rings. The zero-order valence-electron chi connectivity index (χ0n) is 16.4. The first-order valence-corrected chi connectivity index (χ1v) is 9.84. The van der Waals surface area contributed by atoms with Crippen LogP contribution < -0.4 is 9.80 Å². The molecule has 30 heavy (non-hydrogen) atoms. The van der Waals surface area contributed by atoms with Crippen LogP contribution >= 0.6 is 0 Å². The number of hydrogen-bond donors (Lipinski definition) is 0. The topological polar surface area (TPSA) is 94.7 Å². The minimum absolute atomic E-state index is 0.00500. The molecule has 1 unspecified atom stereocenters. The Kier molecular flexibility index (Phi) is 4.47. The molecule has 5 heterocycles. The van der Waals surface area contributed by atoms with Crippen molar-refractivity contribution in [2.45, 2.75) is 19.4 Å². The summed E-state index contributed by atoms with van der Waals surface area (Å²) in [4.78, 5) is 25.8. The molecule has 1 fully saturated rings. The molecule has 0 amide bonds. The summed E-state index contributed by atoms with van der Waals surface area (Å²) in [6.45, 7) is 3.95. The third-order valence-electron chi connectivity index (χ3n) is 5.66. The third-order valence-corrected chi connectivity index (χ3v) is 5.66. The predicted octanol–water partition coefficient (Wildman–Crippen LogP) is 2.55. The van der Waals surface area contributed by atoms with Gasteiger partial charge in [0.2, 0.25) is 5.95 Å². The van der Waals surface area contributed by atoms with E-state index in [0.29, 0.717) is 43.5 Å². The number of nitrogens with zero attached hydrogens (tertiary/aromatic N) is 8. The fraction of sp³-hybridized carbons (Fsp3) is 0.333. The van der Waals surface area contributed by atoms with Gasteiger partial charge in [-0.15, -0.1) is 0 Å². The molecule has 0 aromatic carbocycles. The summed E-state index contributed by atoms with van der Waals surface area (Å²) < 4.78 is 14.3. The van der Waals surface area contributed by atoms with Crippen molar-refractivity contribution in [1.82, 2.24) is 24.9 Å². The fourth-order valence-corrected chi connectivity index (χ4v) is 3.97. The highest BCUT2D eigenvalue weighted by Gasteiger charge is 2.30. The summed E-state index contributed by atoms with van der Waals surface area (Å²) >= 11 is 0. The van der Waals surface area contributed by atoms with Crippen molar-refractivity contribution in [2.24, 2.45) is 5.92 Å². The van der Waals surface area contributed by atoms with E-state index in [-0.39, 0.29) is 12.0 Å². The zero-order chi connectivity index (χ0) is 20.7. The Morgan fingerprint density at radius 3 is 2.67 bits per heavy atom. The Morgan fingerprint density at radius 2 is 1.90 bits per heavy atom. The number of halogens is 1. The summed E-state index contributed by atoms with van der Waals surface area (Å²) in [6, 6.07) is 7.27. The van der Waals surface area contributed by atoms with E-state index in [1.807, 2.05) is 17.9 Å². The summed E-state index contributed by atoms with van der Waals surface area (Å²) in [7, 11) is 0. The minimum atomic E-state index is -0.520. The number of pyridine rings is 1. The fourth-order valence-electron chi connectivity index (χ4n) is 3.97. The maximum Gasteiger partial charge on any atom is 0.216 e. The number of fused-ring (bicyclic) bond motifs is 1. The summed E-state index contributed by atoms with van der Waals surface area (Å²) in [5.74, 6) is 1.07. The second-order valence-electron chi connectivity index (χ2n) is 7.52. The van der Waals surface area contributed by atoms with E-state index in [9.17, 15) is 4.39 Å². The van der Waals surface area contributed by atoms with Crippen LogP contribution in [0, 0.1) is 23.2 Å². The highest BCUT2D eigenvalue weighted by atomic mass is 19.1. The minimum Gasteiger partial charge on any atom is -0.369 e. The molecule has 2 aliphatic heterocycles. The van der Waals surface area contributed by atoms with Crippen LogP contribution in [0.15, 0.2) is 36.8 Å². The van der Waals surface area contributed by atoms with E-state index >= 15 is 0 Å². The molecule has 8 nitrogen and oxygen atoms in total. The predicted molar refractivity (Wildman–Crippen MR) is 108 cm³/mol. The van der Waals surface area contributed by atoms with Crippen LogP contribution in [0.4, 0.5) is 15.9 Å².